The third kappa shape index (κ3) is 8.13. The topological polar surface area (TPSA) is 113 Å². The maximum atomic E-state index is 11.9. The van der Waals surface area contributed by atoms with E-state index in [-0.39, 0.29) is 5.78 Å². The van der Waals surface area contributed by atoms with Crippen LogP contribution in [-0.2, 0) is 6.54 Å². The monoisotopic (exact) mass is 311 g/mol. The lowest BCUT2D eigenvalue weighted by molar-refractivity contribution is -2.00. The number of halogens is 1. The van der Waals surface area contributed by atoms with E-state index in [9.17, 15) is 4.79 Å². The molecule has 0 aliphatic rings. The predicted molar refractivity (Wildman–Crippen MR) is 62.1 cm³/mol. The summed E-state index contributed by atoms with van der Waals surface area (Å²) in [6.07, 6.45) is 3.88. The van der Waals surface area contributed by atoms with Crippen LogP contribution in [0, 0.1) is 17.2 Å². The summed E-state index contributed by atoms with van der Waals surface area (Å²) in [7, 11) is -4.94. The van der Waals surface area contributed by atoms with E-state index in [1.807, 2.05) is 66.3 Å². The standard InChI is InChI=1S/C14H14NO.ClHO4/c1-12-6-5-9-15(10-12)11-14(16)13-7-3-2-4-8-13;2-1(3,4)5/h2-10H,11H2,1H3;(H,2,3,4,5)/q+1;/p-1. The van der Waals surface area contributed by atoms with Crippen LogP contribution in [0.1, 0.15) is 15.9 Å². The van der Waals surface area contributed by atoms with E-state index in [2.05, 4.69) is 0 Å². The summed E-state index contributed by atoms with van der Waals surface area (Å²) in [4.78, 5) is 11.9. The highest BCUT2D eigenvalue weighted by atomic mass is 35.7. The first kappa shape index (κ1) is 17.2. The number of ketones is 1. The number of carbonyl (C=O) groups is 1. The number of aryl methyl sites for hydroxylation is 1. The Labute approximate surface area is 124 Å². The predicted octanol–water partition coefficient (Wildman–Crippen LogP) is -2.59. The minimum atomic E-state index is -4.94. The van der Waals surface area contributed by atoms with Crippen LogP contribution in [0.15, 0.2) is 54.9 Å². The van der Waals surface area contributed by atoms with Gasteiger partial charge >= 0.3 is 0 Å². The maximum absolute atomic E-state index is 11.9. The van der Waals surface area contributed by atoms with Crippen molar-refractivity contribution in [3.63, 3.8) is 0 Å². The Hall–Kier alpha value is -1.83. The lowest BCUT2D eigenvalue weighted by Crippen LogP contribution is -2.68. The Kier molecular flexibility index (Phi) is 6.41. The molecule has 0 fully saturated rings. The number of rotatable bonds is 3. The first-order valence-electron chi connectivity index (χ1n) is 5.91. The second kappa shape index (κ2) is 7.82. The first-order valence-corrected chi connectivity index (χ1v) is 7.15. The zero-order valence-electron chi connectivity index (χ0n) is 11.3. The van der Waals surface area contributed by atoms with Gasteiger partial charge in [-0.2, -0.15) is 4.57 Å². The molecule has 21 heavy (non-hydrogen) atoms. The summed E-state index contributed by atoms with van der Waals surface area (Å²) in [5.41, 5.74) is 1.92. The molecule has 0 amide bonds. The second-order valence-electron chi connectivity index (χ2n) is 4.22. The van der Waals surface area contributed by atoms with Gasteiger partial charge in [-0.05, 0) is 13.0 Å². The summed E-state index contributed by atoms with van der Waals surface area (Å²) in [5, 5.41) is 0. The Morgan fingerprint density at radius 3 is 2.14 bits per heavy atom. The van der Waals surface area contributed by atoms with E-state index in [4.69, 9.17) is 18.6 Å². The minimum absolute atomic E-state index is 0.135. The second-order valence-corrected chi connectivity index (χ2v) is 4.98. The smallest absolute Gasteiger partial charge is 0.227 e. The summed E-state index contributed by atoms with van der Waals surface area (Å²) in [5.74, 6) is 0.135. The van der Waals surface area contributed by atoms with Gasteiger partial charge in [0.2, 0.25) is 12.3 Å². The van der Waals surface area contributed by atoms with Crippen LogP contribution >= 0.6 is 0 Å². The summed E-state index contributed by atoms with van der Waals surface area (Å²) >= 11 is 0. The summed E-state index contributed by atoms with van der Waals surface area (Å²) in [6, 6.07) is 13.3. The minimum Gasteiger partial charge on any atom is -0.287 e. The van der Waals surface area contributed by atoms with E-state index in [0.29, 0.717) is 6.54 Å². The third-order valence-corrected chi connectivity index (χ3v) is 2.43. The molecular weight excluding hydrogens is 298 g/mol. The molecule has 0 aliphatic heterocycles. The van der Waals surface area contributed by atoms with Gasteiger partial charge in [-0.25, -0.2) is 18.6 Å². The lowest BCUT2D eigenvalue weighted by Gasteiger charge is -2.17. The van der Waals surface area contributed by atoms with Gasteiger partial charge in [0.15, 0.2) is 12.4 Å². The number of hydrogen-bond acceptors (Lipinski definition) is 5. The van der Waals surface area contributed by atoms with E-state index >= 15 is 0 Å². The number of benzene rings is 1. The van der Waals surface area contributed by atoms with Crippen LogP contribution in [0.3, 0.4) is 0 Å². The molecule has 2 rings (SSSR count). The molecule has 0 atom stereocenters. The fraction of sp³-hybridized carbons (Fsp3) is 0.143. The summed E-state index contributed by atoms with van der Waals surface area (Å²) in [6.45, 7) is 2.41. The van der Waals surface area contributed by atoms with Gasteiger partial charge in [0, 0.05) is 17.2 Å². The zero-order chi connectivity index (χ0) is 15.9. The van der Waals surface area contributed by atoms with Gasteiger partial charge in [0.1, 0.15) is 0 Å². The molecule has 0 bridgehead atoms. The fourth-order valence-corrected chi connectivity index (χ4v) is 1.63. The van der Waals surface area contributed by atoms with Crippen molar-refractivity contribution in [2.75, 3.05) is 0 Å². The Morgan fingerprint density at radius 2 is 1.62 bits per heavy atom. The van der Waals surface area contributed by atoms with Gasteiger partial charge in [0.25, 0.3) is 0 Å². The van der Waals surface area contributed by atoms with Crippen LogP contribution in [-0.4, -0.2) is 5.78 Å². The van der Waals surface area contributed by atoms with Gasteiger partial charge < -0.3 is 0 Å². The van der Waals surface area contributed by atoms with E-state index in [0.717, 1.165) is 11.1 Å². The average molecular weight is 312 g/mol. The largest absolute Gasteiger partial charge is 0.287 e. The van der Waals surface area contributed by atoms with Crippen molar-refractivity contribution >= 4 is 5.78 Å². The van der Waals surface area contributed by atoms with Gasteiger partial charge in [-0.3, -0.25) is 4.79 Å². The SMILES string of the molecule is Cc1ccc[n+](CC(=O)c2ccccc2)c1.[O-][Cl+3]([O-])([O-])[O-]. The van der Waals surface area contributed by atoms with E-state index in [1.165, 1.54) is 0 Å². The molecule has 0 saturated heterocycles. The normalized spacial score (nSPS) is 10.5. The van der Waals surface area contributed by atoms with E-state index < -0.39 is 10.2 Å². The molecule has 0 saturated carbocycles. The first-order chi connectivity index (χ1) is 9.75. The maximum Gasteiger partial charge on any atom is 0.227 e. The fourth-order valence-electron chi connectivity index (χ4n) is 1.63. The van der Waals surface area contributed by atoms with Gasteiger partial charge in [-0.15, -0.1) is 10.2 Å². The molecule has 1 aromatic heterocycles. The Bertz CT molecular complexity index is 577. The van der Waals surface area contributed by atoms with Crippen LogP contribution in [0.25, 0.3) is 0 Å². The van der Waals surface area contributed by atoms with Crippen molar-refractivity contribution in [1.82, 2.24) is 0 Å². The Morgan fingerprint density at radius 1 is 1.05 bits per heavy atom. The number of pyridine rings is 1. The van der Waals surface area contributed by atoms with Crippen molar-refractivity contribution in [3.05, 3.63) is 66.0 Å². The van der Waals surface area contributed by atoms with E-state index in [1.54, 1.807) is 0 Å². The third-order valence-electron chi connectivity index (χ3n) is 2.43. The summed E-state index contributed by atoms with van der Waals surface area (Å²) < 4.78 is 35.9. The quantitative estimate of drug-likeness (QED) is 0.456. The molecule has 0 aliphatic carbocycles. The van der Waals surface area contributed by atoms with Gasteiger partial charge in [-0.1, -0.05) is 30.3 Å². The molecule has 1 heterocycles. The molecule has 0 spiro atoms. The lowest BCUT2D eigenvalue weighted by atomic mass is 10.1. The van der Waals surface area contributed by atoms with Crippen molar-refractivity contribution in [3.8, 4) is 0 Å². The highest BCUT2D eigenvalue weighted by Crippen LogP contribution is 2.00. The molecule has 0 unspecified atom stereocenters. The number of nitrogens with zero attached hydrogens (tertiary/aromatic N) is 1. The van der Waals surface area contributed by atoms with Crippen molar-refractivity contribution in [2.24, 2.45) is 0 Å². The zero-order valence-corrected chi connectivity index (χ0v) is 12.0. The van der Waals surface area contributed by atoms with Crippen LogP contribution in [0.2, 0.25) is 0 Å². The van der Waals surface area contributed by atoms with Crippen LogP contribution < -0.4 is 23.2 Å². The van der Waals surface area contributed by atoms with Crippen molar-refractivity contribution in [1.29, 1.82) is 0 Å². The average Bonchev–Trinajstić information content (AvgIpc) is 2.38. The van der Waals surface area contributed by atoms with Crippen LogP contribution in [0.5, 0.6) is 0 Å². The molecule has 1 aromatic carbocycles. The van der Waals surface area contributed by atoms with Crippen molar-refractivity contribution in [2.45, 2.75) is 13.5 Å². The number of Topliss-reactive ketones (excluding diaryl/α,β-unsaturated/α-hetero) is 1. The number of aromatic nitrogens is 1. The molecule has 112 valence electrons. The Balaban J connectivity index is 0.000000383. The number of carbonyl (C=O) groups excluding carboxylic acids is 1. The molecule has 0 radical (unpaired) electrons. The number of hydrogen-bond donors (Lipinski definition) is 0. The highest BCUT2D eigenvalue weighted by Gasteiger charge is 2.10. The molecule has 0 N–H and O–H groups in total. The highest BCUT2D eigenvalue weighted by molar-refractivity contribution is 5.94. The molecule has 2 aromatic rings. The molecule has 6 nitrogen and oxygen atoms in total. The van der Waals surface area contributed by atoms with Gasteiger partial charge in [0.05, 0.1) is 0 Å². The van der Waals surface area contributed by atoms with Crippen LogP contribution in [0.4, 0.5) is 0 Å². The molecule has 7 heteroatoms. The van der Waals surface area contributed by atoms with Crippen molar-refractivity contribution < 1.29 is 38.2 Å². The molecular formula is C14H14ClNO5.